The van der Waals surface area contributed by atoms with Crippen LogP contribution in [-0.2, 0) is 0 Å². The van der Waals surface area contributed by atoms with Crippen molar-refractivity contribution in [3.63, 3.8) is 0 Å². The third kappa shape index (κ3) is 2.32. The van der Waals surface area contributed by atoms with Crippen molar-refractivity contribution in [1.29, 1.82) is 0 Å². The molecule has 3 aromatic rings. The summed E-state index contributed by atoms with van der Waals surface area (Å²) in [5.41, 5.74) is 1.28. The number of hydrogen-bond donors (Lipinski definition) is 0. The fourth-order valence-corrected chi connectivity index (χ4v) is 2.34. The number of aromatic nitrogens is 1. The number of para-hydroxylation sites is 1. The number of fused-ring (bicyclic) bond motifs is 1. The van der Waals surface area contributed by atoms with Crippen LogP contribution in [0.15, 0.2) is 56.1 Å². The van der Waals surface area contributed by atoms with Crippen molar-refractivity contribution in [3.8, 4) is 0 Å². The highest BCUT2D eigenvalue weighted by Gasteiger charge is 2.08. The van der Waals surface area contributed by atoms with E-state index >= 15 is 0 Å². The van der Waals surface area contributed by atoms with E-state index in [1.54, 1.807) is 25.3 Å². The lowest BCUT2D eigenvalue weighted by Gasteiger charge is -2.01. The number of benzene rings is 1. The molecule has 0 amide bonds. The van der Waals surface area contributed by atoms with Gasteiger partial charge in [-0.3, -0.25) is 0 Å². The summed E-state index contributed by atoms with van der Waals surface area (Å²) in [6.07, 6.45) is 1.68. The van der Waals surface area contributed by atoms with E-state index < -0.39 is 0 Å². The highest BCUT2D eigenvalue weighted by molar-refractivity contribution is 7.13. The quantitative estimate of drug-likeness (QED) is 0.530. The molecular formula is C14H10N2O2S. The highest BCUT2D eigenvalue weighted by Crippen LogP contribution is 2.17. The largest absolute Gasteiger partial charge is 0.422 e. The normalized spacial score (nSPS) is 11.9. The molecule has 19 heavy (non-hydrogen) atoms. The van der Waals surface area contributed by atoms with E-state index in [4.69, 9.17) is 4.42 Å². The molecule has 1 aromatic carbocycles. The molecule has 0 N–H and O–H groups in total. The number of thiazole rings is 1. The summed E-state index contributed by atoms with van der Waals surface area (Å²) < 4.78 is 5.28. The van der Waals surface area contributed by atoms with Crippen LogP contribution in [-0.4, -0.2) is 10.7 Å². The van der Waals surface area contributed by atoms with Gasteiger partial charge >= 0.3 is 5.63 Å². The van der Waals surface area contributed by atoms with Gasteiger partial charge in [-0.25, -0.2) is 14.8 Å². The van der Waals surface area contributed by atoms with Gasteiger partial charge in [-0.15, -0.1) is 11.3 Å². The molecule has 4 nitrogen and oxygen atoms in total. The average molecular weight is 270 g/mol. The molecule has 0 aliphatic carbocycles. The first-order valence-electron chi connectivity index (χ1n) is 5.72. The van der Waals surface area contributed by atoms with Gasteiger partial charge in [-0.1, -0.05) is 18.2 Å². The molecule has 0 fully saturated rings. The molecule has 0 radical (unpaired) electrons. The Kier molecular flexibility index (Phi) is 2.97. The van der Waals surface area contributed by atoms with Gasteiger partial charge in [0.1, 0.15) is 5.58 Å². The SMILES string of the molecule is C/C(=N\c1nccs1)c1cc2ccccc2oc1=O. The van der Waals surface area contributed by atoms with Crippen LogP contribution >= 0.6 is 11.3 Å². The van der Waals surface area contributed by atoms with E-state index in [0.29, 0.717) is 22.0 Å². The molecule has 94 valence electrons. The predicted octanol–water partition coefficient (Wildman–Crippen LogP) is 3.39. The van der Waals surface area contributed by atoms with E-state index in [1.165, 1.54) is 11.3 Å². The van der Waals surface area contributed by atoms with E-state index in [9.17, 15) is 4.79 Å². The Morgan fingerprint density at radius 3 is 3.00 bits per heavy atom. The fourth-order valence-electron chi connectivity index (χ4n) is 1.79. The molecule has 0 bridgehead atoms. The van der Waals surface area contributed by atoms with Gasteiger partial charge in [0.25, 0.3) is 0 Å². The van der Waals surface area contributed by atoms with Crippen molar-refractivity contribution in [2.45, 2.75) is 6.92 Å². The molecule has 0 aliphatic rings. The lowest BCUT2D eigenvalue weighted by atomic mass is 10.1. The van der Waals surface area contributed by atoms with Gasteiger partial charge in [0.05, 0.1) is 11.3 Å². The molecule has 5 heteroatoms. The zero-order valence-electron chi connectivity index (χ0n) is 10.2. The molecule has 0 saturated heterocycles. The molecule has 0 unspecified atom stereocenters. The fraction of sp³-hybridized carbons (Fsp3) is 0.0714. The van der Waals surface area contributed by atoms with Crippen molar-refractivity contribution in [2.24, 2.45) is 4.99 Å². The topological polar surface area (TPSA) is 55.5 Å². The number of hydrogen-bond acceptors (Lipinski definition) is 5. The van der Waals surface area contributed by atoms with Gasteiger partial charge in [-0.2, -0.15) is 0 Å². The Balaban J connectivity index is 2.15. The van der Waals surface area contributed by atoms with Crippen molar-refractivity contribution >= 4 is 33.1 Å². The van der Waals surface area contributed by atoms with Crippen LogP contribution in [0.4, 0.5) is 5.13 Å². The minimum atomic E-state index is -0.378. The van der Waals surface area contributed by atoms with Gasteiger partial charge in [0, 0.05) is 17.0 Å². The van der Waals surface area contributed by atoms with E-state index in [2.05, 4.69) is 9.98 Å². The molecule has 2 heterocycles. The summed E-state index contributed by atoms with van der Waals surface area (Å²) in [6.45, 7) is 1.78. The summed E-state index contributed by atoms with van der Waals surface area (Å²) in [7, 11) is 0. The van der Waals surface area contributed by atoms with Crippen LogP contribution in [0.5, 0.6) is 0 Å². The third-order valence-corrected chi connectivity index (χ3v) is 3.38. The van der Waals surface area contributed by atoms with Gasteiger partial charge < -0.3 is 4.42 Å². The van der Waals surface area contributed by atoms with Gasteiger partial charge in [0.2, 0.25) is 5.13 Å². The molecular weight excluding hydrogens is 260 g/mol. The summed E-state index contributed by atoms with van der Waals surface area (Å²) in [4.78, 5) is 20.3. The number of nitrogens with zero attached hydrogens (tertiary/aromatic N) is 2. The first-order valence-corrected chi connectivity index (χ1v) is 6.60. The number of rotatable bonds is 2. The second-order valence-electron chi connectivity index (χ2n) is 4.00. The summed E-state index contributed by atoms with van der Waals surface area (Å²) in [5.74, 6) is 0. The van der Waals surface area contributed by atoms with E-state index in [0.717, 1.165) is 5.39 Å². The second kappa shape index (κ2) is 4.78. The van der Waals surface area contributed by atoms with Crippen LogP contribution in [0.25, 0.3) is 11.0 Å². The summed E-state index contributed by atoms with van der Waals surface area (Å²) >= 11 is 1.42. The van der Waals surface area contributed by atoms with Crippen molar-refractivity contribution in [3.05, 3.63) is 57.9 Å². The van der Waals surface area contributed by atoms with E-state index in [1.807, 2.05) is 23.6 Å². The Morgan fingerprint density at radius 1 is 1.37 bits per heavy atom. The minimum absolute atomic E-state index is 0.378. The molecule has 0 aliphatic heterocycles. The Bertz CT molecular complexity index is 804. The standard InChI is InChI=1S/C14H10N2O2S/c1-9(16-14-15-6-7-19-14)11-8-10-4-2-3-5-12(10)18-13(11)17/h2-8H,1H3/b16-9+. The molecule has 2 aromatic heterocycles. The first kappa shape index (κ1) is 11.8. The summed E-state index contributed by atoms with van der Waals surface area (Å²) in [6, 6.07) is 9.21. The molecule has 3 rings (SSSR count). The van der Waals surface area contributed by atoms with Crippen LogP contribution in [0.2, 0.25) is 0 Å². The lowest BCUT2D eigenvalue weighted by molar-refractivity contribution is 0.559. The van der Waals surface area contributed by atoms with Crippen LogP contribution < -0.4 is 5.63 Å². The Hall–Kier alpha value is -2.27. The maximum atomic E-state index is 11.9. The molecule has 0 atom stereocenters. The predicted molar refractivity (Wildman–Crippen MR) is 76.5 cm³/mol. The molecule has 0 saturated carbocycles. The van der Waals surface area contributed by atoms with Crippen LogP contribution in [0.1, 0.15) is 12.5 Å². The van der Waals surface area contributed by atoms with Crippen LogP contribution in [0.3, 0.4) is 0 Å². The zero-order chi connectivity index (χ0) is 13.2. The zero-order valence-corrected chi connectivity index (χ0v) is 11.0. The summed E-state index contributed by atoms with van der Waals surface area (Å²) in [5, 5.41) is 3.35. The third-order valence-electron chi connectivity index (χ3n) is 2.71. The lowest BCUT2D eigenvalue weighted by Crippen LogP contribution is -2.11. The monoisotopic (exact) mass is 270 g/mol. The first-order chi connectivity index (χ1) is 9.24. The highest BCUT2D eigenvalue weighted by atomic mass is 32.1. The molecule has 0 spiro atoms. The van der Waals surface area contributed by atoms with E-state index in [-0.39, 0.29) is 5.63 Å². The van der Waals surface area contributed by atoms with Crippen molar-refractivity contribution in [1.82, 2.24) is 4.98 Å². The Labute approximate surface area is 113 Å². The average Bonchev–Trinajstić information content (AvgIpc) is 2.90. The van der Waals surface area contributed by atoms with Crippen molar-refractivity contribution < 1.29 is 4.42 Å². The van der Waals surface area contributed by atoms with Crippen molar-refractivity contribution in [2.75, 3.05) is 0 Å². The smallest absolute Gasteiger partial charge is 0.345 e. The maximum absolute atomic E-state index is 11.9. The minimum Gasteiger partial charge on any atom is -0.422 e. The second-order valence-corrected chi connectivity index (χ2v) is 4.87. The van der Waals surface area contributed by atoms with Gasteiger partial charge in [-0.05, 0) is 19.1 Å². The van der Waals surface area contributed by atoms with Crippen LogP contribution in [0, 0.1) is 0 Å². The van der Waals surface area contributed by atoms with Gasteiger partial charge in [0.15, 0.2) is 0 Å². The Morgan fingerprint density at radius 2 is 2.21 bits per heavy atom. The maximum Gasteiger partial charge on any atom is 0.345 e. The number of aliphatic imine (C=N–C) groups is 1.